The van der Waals surface area contributed by atoms with E-state index in [2.05, 4.69) is 26.1 Å². The third-order valence-corrected chi connectivity index (χ3v) is 9.64. The van der Waals surface area contributed by atoms with Crippen LogP contribution in [0.1, 0.15) is 49.3 Å². The smallest absolute Gasteiger partial charge is 0.238 e. The number of carbonyl (C=O) groups excluding carboxylic acids is 1. The fourth-order valence-electron chi connectivity index (χ4n) is 6.98. The Morgan fingerprint density at radius 1 is 0.957 bits per heavy atom. The standard InChI is InChI=1S/C35H31Cl2N7O2/c1-39-14-6-16-43-31-12-10-24(37)18-28(31)41-33(43)22-46-25-19-35(20-25)26-7-2-3-8-29(26)44(34(35)45)21-32-40-27-17-23(36)9-11-30(27)42(32)15-5-4-13-38/h2-3,7-12,17-18,25H,4-6,14-16,19-22H2. The van der Waals surface area contributed by atoms with Gasteiger partial charge in [0.25, 0.3) is 0 Å². The Balaban J connectivity index is 1.11. The molecule has 232 valence electrons. The first kappa shape index (κ1) is 30.3. The summed E-state index contributed by atoms with van der Waals surface area (Å²) in [5.41, 5.74) is 4.75. The minimum atomic E-state index is -0.647. The number of hydrogen-bond acceptors (Lipinski definition) is 5. The first-order valence-corrected chi connectivity index (χ1v) is 16.2. The number of aromatic nitrogens is 4. The maximum atomic E-state index is 14.3. The lowest BCUT2D eigenvalue weighted by molar-refractivity contribution is -0.135. The quantitative estimate of drug-likeness (QED) is 0.109. The van der Waals surface area contributed by atoms with Crippen LogP contribution in [-0.4, -0.2) is 37.7 Å². The Bertz CT molecular complexity index is 2050. The Kier molecular flexibility index (Phi) is 8.16. The maximum Gasteiger partial charge on any atom is 0.238 e. The van der Waals surface area contributed by atoms with Crippen LogP contribution >= 0.6 is 23.2 Å². The zero-order chi connectivity index (χ0) is 31.8. The Morgan fingerprint density at radius 2 is 1.61 bits per heavy atom. The van der Waals surface area contributed by atoms with Gasteiger partial charge < -0.3 is 23.6 Å². The molecule has 0 bridgehead atoms. The highest BCUT2D eigenvalue weighted by atomic mass is 35.5. The lowest BCUT2D eigenvalue weighted by Gasteiger charge is -2.43. The van der Waals surface area contributed by atoms with E-state index in [0.717, 1.165) is 51.4 Å². The van der Waals surface area contributed by atoms with Crippen LogP contribution in [-0.2, 0) is 41.2 Å². The van der Waals surface area contributed by atoms with Gasteiger partial charge in [0.05, 0.1) is 46.2 Å². The molecule has 1 aliphatic heterocycles. The van der Waals surface area contributed by atoms with E-state index < -0.39 is 5.41 Å². The van der Waals surface area contributed by atoms with Gasteiger partial charge in [0.2, 0.25) is 12.5 Å². The minimum Gasteiger partial charge on any atom is -0.370 e. The summed E-state index contributed by atoms with van der Waals surface area (Å²) in [7, 11) is 0. The van der Waals surface area contributed by atoms with Gasteiger partial charge in [0, 0.05) is 41.7 Å². The van der Waals surface area contributed by atoms with Crippen molar-refractivity contribution < 1.29 is 9.53 Å². The fraction of sp³-hybridized carbons (Fsp3) is 0.343. The van der Waals surface area contributed by atoms with Crippen molar-refractivity contribution in [1.82, 2.24) is 19.1 Å². The van der Waals surface area contributed by atoms with E-state index in [4.69, 9.17) is 49.7 Å². The van der Waals surface area contributed by atoms with Crippen molar-refractivity contribution >= 4 is 56.9 Å². The molecule has 3 aromatic carbocycles. The van der Waals surface area contributed by atoms with Crippen LogP contribution < -0.4 is 4.90 Å². The Labute approximate surface area is 276 Å². The Hall–Kier alpha value is -4.41. The average molecular weight is 653 g/mol. The molecule has 1 aliphatic carbocycles. The summed E-state index contributed by atoms with van der Waals surface area (Å²) < 4.78 is 10.6. The van der Waals surface area contributed by atoms with E-state index in [0.29, 0.717) is 68.5 Å². The number of halogens is 2. The predicted octanol–water partition coefficient (Wildman–Crippen LogP) is 7.47. The highest BCUT2D eigenvalue weighted by Crippen LogP contribution is 2.54. The SMILES string of the molecule is [C-]#[N+]CCCn1c(COC2CC3(C2)C(=O)N(Cc2nc4cc(Cl)ccc4n2CCCC#N)c2ccccc23)nc2cc(Cl)ccc21. The molecule has 1 fully saturated rings. The number of fused-ring (bicyclic) bond motifs is 4. The molecule has 2 aliphatic rings. The largest absolute Gasteiger partial charge is 0.370 e. The zero-order valence-electron chi connectivity index (χ0n) is 25.1. The molecule has 11 heteroatoms. The van der Waals surface area contributed by atoms with Crippen molar-refractivity contribution in [3.63, 3.8) is 0 Å². The van der Waals surface area contributed by atoms with Gasteiger partial charge in [-0.25, -0.2) is 16.5 Å². The van der Waals surface area contributed by atoms with Crippen LogP contribution in [0.4, 0.5) is 5.69 Å². The number of anilines is 1. The van der Waals surface area contributed by atoms with Crippen LogP contribution in [0.3, 0.4) is 0 Å². The number of benzene rings is 3. The number of aryl methyl sites for hydroxylation is 2. The van der Waals surface area contributed by atoms with E-state index in [1.54, 1.807) is 0 Å². The highest BCUT2D eigenvalue weighted by Gasteiger charge is 2.59. The molecule has 9 nitrogen and oxygen atoms in total. The third-order valence-electron chi connectivity index (χ3n) is 9.17. The number of amides is 1. The third kappa shape index (κ3) is 5.29. The molecular weight excluding hydrogens is 621 g/mol. The van der Waals surface area contributed by atoms with E-state index in [1.807, 2.05) is 59.5 Å². The maximum absolute atomic E-state index is 14.3. The van der Waals surface area contributed by atoms with Gasteiger partial charge >= 0.3 is 0 Å². The number of para-hydroxylation sites is 1. The fourth-order valence-corrected chi connectivity index (χ4v) is 7.31. The van der Waals surface area contributed by atoms with E-state index in [-0.39, 0.29) is 12.0 Å². The molecule has 0 saturated heterocycles. The van der Waals surface area contributed by atoms with E-state index >= 15 is 0 Å². The number of hydrogen-bond donors (Lipinski definition) is 0. The van der Waals surface area contributed by atoms with Crippen LogP contribution in [0.25, 0.3) is 26.9 Å². The van der Waals surface area contributed by atoms with Crippen molar-refractivity contribution in [3.8, 4) is 6.07 Å². The first-order valence-electron chi connectivity index (χ1n) is 15.4. The van der Waals surface area contributed by atoms with Gasteiger partial charge in [-0.1, -0.05) is 41.4 Å². The van der Waals surface area contributed by atoms with E-state index in [9.17, 15) is 4.79 Å². The molecule has 0 atom stereocenters. The number of imidazole rings is 2. The monoisotopic (exact) mass is 651 g/mol. The number of carbonyl (C=O) groups is 1. The lowest BCUT2D eigenvalue weighted by atomic mass is 9.63. The van der Waals surface area contributed by atoms with Crippen LogP contribution in [0.2, 0.25) is 10.0 Å². The molecule has 1 spiro atoms. The normalized spacial score (nSPS) is 18.7. The first-order chi connectivity index (χ1) is 22.4. The van der Waals surface area contributed by atoms with Gasteiger partial charge in [-0.05, 0) is 67.3 Å². The molecule has 3 heterocycles. The summed E-state index contributed by atoms with van der Waals surface area (Å²) in [5.74, 6) is 1.61. The van der Waals surface area contributed by atoms with Crippen molar-refractivity contribution in [2.75, 3.05) is 11.4 Å². The summed E-state index contributed by atoms with van der Waals surface area (Å²) >= 11 is 12.5. The predicted molar refractivity (Wildman–Crippen MR) is 178 cm³/mol. The number of nitrogens with zero attached hydrogens (tertiary/aromatic N) is 7. The zero-order valence-corrected chi connectivity index (χ0v) is 26.6. The molecular formula is C35H31Cl2N7O2. The summed E-state index contributed by atoms with van der Waals surface area (Å²) in [6.07, 6.45) is 2.90. The van der Waals surface area contributed by atoms with Crippen LogP contribution in [0.15, 0.2) is 60.7 Å². The van der Waals surface area contributed by atoms with Crippen molar-refractivity contribution in [3.05, 3.63) is 99.3 Å². The van der Waals surface area contributed by atoms with Gasteiger partial charge in [-0.15, -0.1) is 0 Å². The second kappa shape index (κ2) is 12.4. The molecule has 0 unspecified atom stereocenters. The van der Waals surface area contributed by atoms with Gasteiger partial charge in [0.15, 0.2) is 0 Å². The van der Waals surface area contributed by atoms with Gasteiger partial charge in [-0.2, -0.15) is 5.26 Å². The van der Waals surface area contributed by atoms with E-state index in [1.165, 1.54) is 0 Å². The Morgan fingerprint density at radius 3 is 2.30 bits per heavy atom. The van der Waals surface area contributed by atoms with Crippen molar-refractivity contribution in [2.45, 2.75) is 69.9 Å². The van der Waals surface area contributed by atoms with Gasteiger partial charge in [-0.3, -0.25) is 4.79 Å². The minimum absolute atomic E-state index is 0.0586. The molecule has 1 saturated carbocycles. The summed E-state index contributed by atoms with van der Waals surface area (Å²) in [5, 5.41) is 10.4. The number of nitriles is 1. The summed E-state index contributed by atoms with van der Waals surface area (Å²) in [4.78, 5) is 29.3. The number of unbranched alkanes of at least 4 members (excludes halogenated alkanes) is 1. The molecule has 2 aromatic heterocycles. The second-order valence-corrected chi connectivity index (χ2v) is 12.8. The highest BCUT2D eigenvalue weighted by molar-refractivity contribution is 6.31. The molecule has 1 amide bonds. The molecule has 0 N–H and O–H groups in total. The molecule has 0 radical (unpaired) electrons. The van der Waals surface area contributed by atoms with Crippen LogP contribution in [0.5, 0.6) is 0 Å². The van der Waals surface area contributed by atoms with Crippen molar-refractivity contribution in [2.24, 2.45) is 0 Å². The average Bonchev–Trinajstić information content (AvgIpc) is 3.63. The topological polar surface area (TPSA) is 93.3 Å². The molecule has 7 rings (SSSR count). The number of ether oxygens (including phenoxy) is 1. The van der Waals surface area contributed by atoms with Crippen molar-refractivity contribution in [1.29, 1.82) is 5.26 Å². The summed E-state index contributed by atoms with van der Waals surface area (Å²) in [6.45, 7) is 9.52. The molecule has 5 aromatic rings. The second-order valence-electron chi connectivity index (χ2n) is 12.0. The number of rotatable bonds is 11. The van der Waals surface area contributed by atoms with Gasteiger partial charge in [0.1, 0.15) is 18.3 Å². The lowest BCUT2D eigenvalue weighted by Crippen LogP contribution is -2.52. The van der Waals surface area contributed by atoms with Crippen LogP contribution in [0, 0.1) is 17.9 Å². The summed E-state index contributed by atoms with van der Waals surface area (Å²) in [6, 6.07) is 21.5. The molecule has 46 heavy (non-hydrogen) atoms.